The van der Waals surface area contributed by atoms with Crippen LogP contribution in [0, 0.1) is 31.1 Å². The first-order chi connectivity index (χ1) is 12.0. The van der Waals surface area contributed by atoms with E-state index in [0.717, 1.165) is 23.4 Å². The van der Waals surface area contributed by atoms with Crippen molar-refractivity contribution >= 4 is 5.91 Å². The van der Waals surface area contributed by atoms with Crippen LogP contribution in [0.2, 0.25) is 0 Å². The van der Waals surface area contributed by atoms with Crippen molar-refractivity contribution in [3.63, 3.8) is 0 Å². The van der Waals surface area contributed by atoms with E-state index >= 15 is 0 Å². The molecule has 2 atom stereocenters. The first-order valence-corrected chi connectivity index (χ1v) is 8.27. The van der Waals surface area contributed by atoms with Gasteiger partial charge in [-0.3, -0.25) is 14.5 Å². The number of nitrogens with one attached hydrogen (secondary N) is 1. The average molecular weight is 339 g/mol. The molecule has 0 saturated carbocycles. The Morgan fingerprint density at radius 2 is 2.32 bits per heavy atom. The highest BCUT2D eigenvalue weighted by Gasteiger charge is 2.33. The van der Waals surface area contributed by atoms with Gasteiger partial charge in [0.05, 0.1) is 23.4 Å². The molecular formula is C18H21N5O2. The van der Waals surface area contributed by atoms with E-state index in [1.165, 1.54) is 12.3 Å². The van der Waals surface area contributed by atoms with Gasteiger partial charge in [-0.1, -0.05) is 0 Å². The number of rotatable bonds is 4. The van der Waals surface area contributed by atoms with E-state index in [1.807, 2.05) is 31.6 Å². The summed E-state index contributed by atoms with van der Waals surface area (Å²) in [5, 5.41) is 16.3. The quantitative estimate of drug-likeness (QED) is 0.917. The number of hydrogen-bond donors (Lipinski definition) is 1. The highest BCUT2D eigenvalue weighted by Crippen LogP contribution is 2.37. The molecule has 1 aliphatic heterocycles. The topological polar surface area (TPSA) is 92.8 Å². The standard InChI is InChI=1S/C18H21N5O2/c1-11-16(12(2)23(3)22-11)17-14(5-7-25-17)10-21-18(24)15-8-13(9-19)4-6-20-15/h4,6,8,14,17H,5,7,10H2,1-3H3,(H,21,24)/t14-,17+/m1/s1. The van der Waals surface area contributed by atoms with Gasteiger partial charge in [0.1, 0.15) is 5.69 Å². The molecule has 2 aromatic heterocycles. The van der Waals surface area contributed by atoms with E-state index in [4.69, 9.17) is 10.00 Å². The fourth-order valence-electron chi connectivity index (χ4n) is 3.30. The second-order valence-corrected chi connectivity index (χ2v) is 6.30. The largest absolute Gasteiger partial charge is 0.373 e. The van der Waals surface area contributed by atoms with E-state index in [-0.39, 0.29) is 23.6 Å². The summed E-state index contributed by atoms with van der Waals surface area (Å²) in [5.41, 5.74) is 3.84. The third-order valence-electron chi connectivity index (χ3n) is 4.71. The minimum absolute atomic E-state index is 0.0626. The third-order valence-corrected chi connectivity index (χ3v) is 4.71. The van der Waals surface area contributed by atoms with Crippen LogP contribution in [0.1, 0.15) is 45.5 Å². The molecule has 3 heterocycles. The molecule has 3 rings (SSSR count). The Morgan fingerprint density at radius 1 is 1.52 bits per heavy atom. The molecule has 1 fully saturated rings. The van der Waals surface area contributed by atoms with E-state index in [1.54, 1.807) is 6.07 Å². The maximum atomic E-state index is 12.3. The highest BCUT2D eigenvalue weighted by molar-refractivity contribution is 5.92. The monoisotopic (exact) mass is 339 g/mol. The van der Waals surface area contributed by atoms with Crippen LogP contribution in [0.15, 0.2) is 18.3 Å². The van der Waals surface area contributed by atoms with E-state index in [2.05, 4.69) is 15.4 Å². The summed E-state index contributed by atoms with van der Waals surface area (Å²) in [5.74, 6) is -0.0907. The second kappa shape index (κ2) is 7.03. The SMILES string of the molecule is Cc1nn(C)c(C)c1[C@H]1OCC[C@@H]1CNC(=O)c1cc(C#N)ccn1. The number of carbonyl (C=O) groups is 1. The van der Waals surface area contributed by atoms with Gasteiger partial charge in [0.2, 0.25) is 0 Å². The average Bonchev–Trinajstić information content (AvgIpc) is 3.16. The minimum Gasteiger partial charge on any atom is -0.373 e. The molecule has 130 valence electrons. The summed E-state index contributed by atoms with van der Waals surface area (Å²) in [6.07, 6.45) is 2.29. The highest BCUT2D eigenvalue weighted by atomic mass is 16.5. The van der Waals surface area contributed by atoms with Gasteiger partial charge in [-0.15, -0.1) is 0 Å². The van der Waals surface area contributed by atoms with Crippen molar-refractivity contribution in [3.05, 3.63) is 46.5 Å². The Hall–Kier alpha value is -2.72. The lowest BCUT2D eigenvalue weighted by Crippen LogP contribution is -2.31. The first kappa shape index (κ1) is 17.1. The number of aromatic nitrogens is 3. The molecule has 25 heavy (non-hydrogen) atoms. The molecule has 1 saturated heterocycles. The maximum Gasteiger partial charge on any atom is 0.269 e. The van der Waals surface area contributed by atoms with Gasteiger partial charge < -0.3 is 10.1 Å². The van der Waals surface area contributed by atoms with Crippen LogP contribution in [0.25, 0.3) is 0 Å². The first-order valence-electron chi connectivity index (χ1n) is 8.27. The number of nitrogens with zero attached hydrogens (tertiary/aromatic N) is 4. The molecule has 0 spiro atoms. The summed E-state index contributed by atoms with van der Waals surface area (Å²) < 4.78 is 7.80. The Morgan fingerprint density at radius 3 is 3.00 bits per heavy atom. The van der Waals surface area contributed by atoms with Crippen molar-refractivity contribution in [1.82, 2.24) is 20.1 Å². The summed E-state index contributed by atoms with van der Waals surface area (Å²) >= 11 is 0. The molecule has 1 aliphatic rings. The van der Waals surface area contributed by atoms with Crippen LogP contribution in [0.5, 0.6) is 0 Å². The molecule has 7 nitrogen and oxygen atoms in total. The van der Waals surface area contributed by atoms with Crippen LogP contribution < -0.4 is 5.32 Å². The Bertz CT molecular complexity index is 836. The van der Waals surface area contributed by atoms with Crippen LogP contribution >= 0.6 is 0 Å². The van der Waals surface area contributed by atoms with Crippen molar-refractivity contribution in [2.24, 2.45) is 13.0 Å². The predicted molar refractivity (Wildman–Crippen MR) is 90.8 cm³/mol. The van der Waals surface area contributed by atoms with E-state index in [0.29, 0.717) is 18.7 Å². The molecule has 0 bridgehead atoms. The number of nitriles is 1. The van der Waals surface area contributed by atoms with E-state index in [9.17, 15) is 4.79 Å². The molecule has 1 N–H and O–H groups in total. The van der Waals surface area contributed by atoms with E-state index < -0.39 is 0 Å². The van der Waals surface area contributed by atoms with Gasteiger partial charge in [0.25, 0.3) is 5.91 Å². The maximum absolute atomic E-state index is 12.3. The lowest BCUT2D eigenvalue weighted by molar-refractivity contribution is 0.0837. The smallest absolute Gasteiger partial charge is 0.269 e. The lowest BCUT2D eigenvalue weighted by Gasteiger charge is -2.19. The third kappa shape index (κ3) is 3.39. The van der Waals surface area contributed by atoms with Crippen LogP contribution in [-0.4, -0.2) is 33.8 Å². The zero-order chi connectivity index (χ0) is 18.0. The van der Waals surface area contributed by atoms with Crippen LogP contribution in [-0.2, 0) is 11.8 Å². The Kier molecular flexibility index (Phi) is 4.81. The number of ether oxygens (including phenoxy) is 1. The van der Waals surface area contributed by atoms with Gasteiger partial charge in [-0.2, -0.15) is 10.4 Å². The number of hydrogen-bond acceptors (Lipinski definition) is 5. The minimum atomic E-state index is -0.276. The molecule has 2 aromatic rings. The second-order valence-electron chi connectivity index (χ2n) is 6.30. The summed E-state index contributed by atoms with van der Waals surface area (Å²) in [7, 11) is 1.92. The van der Waals surface area contributed by atoms with Gasteiger partial charge in [0.15, 0.2) is 0 Å². The fraction of sp³-hybridized carbons (Fsp3) is 0.444. The normalized spacial score (nSPS) is 19.6. The zero-order valence-electron chi connectivity index (χ0n) is 14.6. The van der Waals surface area contributed by atoms with Crippen LogP contribution in [0.4, 0.5) is 0 Å². The predicted octanol–water partition coefficient (Wildman–Crippen LogP) is 1.81. The molecule has 0 unspecified atom stereocenters. The van der Waals surface area contributed by atoms with Crippen molar-refractivity contribution in [1.29, 1.82) is 5.26 Å². The molecule has 0 radical (unpaired) electrons. The molecule has 0 aromatic carbocycles. The molecule has 0 aliphatic carbocycles. The van der Waals surface area contributed by atoms with Crippen molar-refractivity contribution in [2.75, 3.05) is 13.2 Å². The van der Waals surface area contributed by atoms with Crippen molar-refractivity contribution in [2.45, 2.75) is 26.4 Å². The van der Waals surface area contributed by atoms with Crippen molar-refractivity contribution in [3.8, 4) is 6.07 Å². The Labute approximate surface area is 146 Å². The zero-order valence-corrected chi connectivity index (χ0v) is 14.6. The molecule has 1 amide bonds. The Balaban J connectivity index is 1.70. The number of carbonyl (C=O) groups excluding carboxylic acids is 1. The summed E-state index contributed by atoms with van der Waals surface area (Å²) in [6, 6.07) is 5.08. The fourth-order valence-corrected chi connectivity index (χ4v) is 3.30. The van der Waals surface area contributed by atoms with Gasteiger partial charge >= 0.3 is 0 Å². The van der Waals surface area contributed by atoms with Crippen LogP contribution in [0.3, 0.4) is 0 Å². The molecule has 7 heteroatoms. The van der Waals surface area contributed by atoms with Crippen molar-refractivity contribution < 1.29 is 9.53 Å². The molecular weight excluding hydrogens is 318 g/mol. The van der Waals surface area contributed by atoms with Gasteiger partial charge in [0, 0.05) is 43.6 Å². The number of amides is 1. The van der Waals surface area contributed by atoms with Gasteiger partial charge in [-0.05, 0) is 32.4 Å². The lowest BCUT2D eigenvalue weighted by atomic mass is 9.94. The summed E-state index contributed by atoms with van der Waals surface area (Å²) in [6.45, 7) is 5.18. The number of aryl methyl sites for hydroxylation is 2. The number of pyridine rings is 1. The summed E-state index contributed by atoms with van der Waals surface area (Å²) in [4.78, 5) is 16.3. The van der Waals surface area contributed by atoms with Gasteiger partial charge in [-0.25, -0.2) is 0 Å².